The number of nitrogens with zero attached hydrogens (tertiary/aromatic N) is 3. The molecule has 0 saturated carbocycles. The number of benzene rings is 1. The van der Waals surface area contributed by atoms with Gasteiger partial charge in [0.1, 0.15) is 5.82 Å². The summed E-state index contributed by atoms with van der Waals surface area (Å²) in [4.78, 5) is 0. The second kappa shape index (κ2) is 4.35. The van der Waals surface area contributed by atoms with E-state index in [0.29, 0.717) is 6.54 Å². The molecule has 2 rings (SSSR count). The molecule has 0 radical (unpaired) electrons. The summed E-state index contributed by atoms with van der Waals surface area (Å²) < 4.78 is 2.96. The molecule has 0 amide bonds. The summed E-state index contributed by atoms with van der Waals surface area (Å²) in [5, 5.41) is 8.22. The zero-order chi connectivity index (χ0) is 11.7. The number of halogens is 1. The van der Waals surface area contributed by atoms with Crippen molar-refractivity contribution in [2.24, 2.45) is 12.8 Å². The fourth-order valence-corrected chi connectivity index (χ4v) is 1.97. The van der Waals surface area contributed by atoms with E-state index < -0.39 is 0 Å². The van der Waals surface area contributed by atoms with E-state index in [4.69, 9.17) is 5.73 Å². The predicted octanol–water partition coefficient (Wildman–Crippen LogP) is 2.01. The van der Waals surface area contributed by atoms with Gasteiger partial charge < -0.3 is 10.3 Å². The number of aromatic nitrogens is 3. The average molecular weight is 281 g/mol. The van der Waals surface area contributed by atoms with Gasteiger partial charge in [-0.2, -0.15) is 0 Å². The lowest BCUT2D eigenvalue weighted by Gasteiger charge is -2.06. The van der Waals surface area contributed by atoms with Crippen molar-refractivity contribution in [1.82, 2.24) is 14.8 Å². The summed E-state index contributed by atoms with van der Waals surface area (Å²) in [5.74, 6) is 1.63. The van der Waals surface area contributed by atoms with Gasteiger partial charge >= 0.3 is 0 Å². The fraction of sp³-hybridized carbons (Fsp3) is 0.273. The van der Waals surface area contributed by atoms with Gasteiger partial charge in [-0.1, -0.05) is 22.0 Å². The van der Waals surface area contributed by atoms with Crippen LogP contribution in [0.25, 0.3) is 11.4 Å². The zero-order valence-corrected chi connectivity index (χ0v) is 10.8. The Morgan fingerprint density at radius 2 is 2.12 bits per heavy atom. The molecule has 0 unspecified atom stereocenters. The van der Waals surface area contributed by atoms with Gasteiger partial charge in [0.05, 0.1) is 6.54 Å². The molecule has 2 N–H and O–H groups in total. The summed E-state index contributed by atoms with van der Waals surface area (Å²) >= 11 is 3.46. The molecule has 0 atom stereocenters. The Kier molecular flexibility index (Phi) is 3.07. The van der Waals surface area contributed by atoms with Gasteiger partial charge in [0, 0.05) is 17.1 Å². The van der Waals surface area contributed by atoms with Crippen LogP contribution in [0.4, 0.5) is 0 Å². The van der Waals surface area contributed by atoms with Crippen LogP contribution in [0.1, 0.15) is 11.4 Å². The molecule has 2 aromatic rings. The van der Waals surface area contributed by atoms with E-state index in [1.54, 1.807) is 0 Å². The van der Waals surface area contributed by atoms with Crippen LogP contribution in [-0.4, -0.2) is 14.8 Å². The Hall–Kier alpha value is -1.20. The van der Waals surface area contributed by atoms with Gasteiger partial charge in [-0.3, -0.25) is 0 Å². The minimum atomic E-state index is 0.399. The van der Waals surface area contributed by atoms with Crippen LogP contribution in [0.15, 0.2) is 22.7 Å². The Labute approximate surface area is 103 Å². The third kappa shape index (κ3) is 1.88. The molecule has 84 valence electrons. The third-order valence-corrected chi connectivity index (χ3v) is 3.08. The first kappa shape index (κ1) is 11.3. The van der Waals surface area contributed by atoms with Crippen molar-refractivity contribution >= 4 is 15.9 Å². The van der Waals surface area contributed by atoms with Gasteiger partial charge in [-0.25, -0.2) is 0 Å². The van der Waals surface area contributed by atoms with Crippen LogP contribution in [-0.2, 0) is 13.6 Å². The van der Waals surface area contributed by atoms with Crippen molar-refractivity contribution < 1.29 is 0 Å². The predicted molar refractivity (Wildman–Crippen MR) is 66.8 cm³/mol. The highest BCUT2D eigenvalue weighted by Gasteiger charge is 2.11. The Balaban J connectivity index is 2.58. The zero-order valence-electron chi connectivity index (χ0n) is 9.24. The normalized spacial score (nSPS) is 10.8. The third-order valence-electron chi connectivity index (χ3n) is 2.59. The largest absolute Gasteiger partial charge is 0.324 e. The van der Waals surface area contributed by atoms with Gasteiger partial charge in [0.25, 0.3) is 0 Å². The molecular formula is C11H13BrN4. The van der Waals surface area contributed by atoms with E-state index in [1.807, 2.05) is 23.7 Å². The topological polar surface area (TPSA) is 56.7 Å². The molecule has 0 fully saturated rings. The van der Waals surface area contributed by atoms with E-state index in [-0.39, 0.29) is 0 Å². The number of nitrogens with two attached hydrogens (primary N) is 1. The molecule has 1 aromatic heterocycles. The highest BCUT2D eigenvalue weighted by molar-refractivity contribution is 9.10. The number of hydrogen-bond donors (Lipinski definition) is 1. The number of rotatable bonds is 2. The highest BCUT2D eigenvalue weighted by Crippen LogP contribution is 2.25. The maximum absolute atomic E-state index is 5.58. The van der Waals surface area contributed by atoms with Crippen LogP contribution in [0.2, 0.25) is 0 Å². The van der Waals surface area contributed by atoms with E-state index >= 15 is 0 Å². The van der Waals surface area contributed by atoms with Crippen molar-refractivity contribution in [2.45, 2.75) is 13.5 Å². The molecule has 0 spiro atoms. The van der Waals surface area contributed by atoms with Gasteiger partial charge in [0.15, 0.2) is 5.82 Å². The van der Waals surface area contributed by atoms with E-state index in [2.05, 4.69) is 39.1 Å². The van der Waals surface area contributed by atoms with E-state index in [9.17, 15) is 0 Å². The molecule has 0 bridgehead atoms. The molecule has 0 aliphatic heterocycles. The summed E-state index contributed by atoms with van der Waals surface area (Å²) in [6.45, 7) is 2.45. The molecule has 4 nitrogen and oxygen atoms in total. The standard InChI is InChI=1S/C11H13BrN4/c1-7-3-4-8(12)5-9(7)11-15-14-10(6-13)16(11)2/h3-5H,6,13H2,1-2H3. The smallest absolute Gasteiger partial charge is 0.164 e. The second-order valence-electron chi connectivity index (χ2n) is 3.66. The summed E-state index contributed by atoms with van der Waals surface area (Å²) in [6.07, 6.45) is 0. The maximum Gasteiger partial charge on any atom is 0.164 e. The van der Waals surface area contributed by atoms with E-state index in [0.717, 1.165) is 21.7 Å². The Morgan fingerprint density at radius 3 is 2.75 bits per heavy atom. The van der Waals surface area contributed by atoms with Crippen molar-refractivity contribution in [3.8, 4) is 11.4 Å². The average Bonchev–Trinajstić information content (AvgIpc) is 2.63. The Bertz CT molecular complexity index is 519. The van der Waals surface area contributed by atoms with Crippen molar-refractivity contribution in [3.05, 3.63) is 34.1 Å². The Morgan fingerprint density at radius 1 is 1.38 bits per heavy atom. The highest BCUT2D eigenvalue weighted by atomic mass is 79.9. The van der Waals surface area contributed by atoms with Crippen molar-refractivity contribution in [1.29, 1.82) is 0 Å². The van der Waals surface area contributed by atoms with Crippen LogP contribution in [0.5, 0.6) is 0 Å². The lowest BCUT2D eigenvalue weighted by Crippen LogP contribution is -2.05. The maximum atomic E-state index is 5.58. The summed E-state index contributed by atoms with van der Waals surface area (Å²) in [7, 11) is 1.93. The van der Waals surface area contributed by atoms with Crippen LogP contribution >= 0.6 is 15.9 Å². The minimum Gasteiger partial charge on any atom is -0.324 e. The molecular weight excluding hydrogens is 268 g/mol. The molecule has 16 heavy (non-hydrogen) atoms. The van der Waals surface area contributed by atoms with E-state index in [1.165, 1.54) is 5.56 Å². The fourth-order valence-electron chi connectivity index (χ4n) is 1.61. The van der Waals surface area contributed by atoms with Crippen molar-refractivity contribution in [3.63, 3.8) is 0 Å². The first-order valence-corrected chi connectivity index (χ1v) is 5.77. The quantitative estimate of drug-likeness (QED) is 0.916. The van der Waals surface area contributed by atoms with Crippen LogP contribution in [0.3, 0.4) is 0 Å². The SMILES string of the molecule is Cc1ccc(Br)cc1-c1nnc(CN)n1C. The second-order valence-corrected chi connectivity index (χ2v) is 4.58. The number of aryl methyl sites for hydroxylation is 1. The lowest BCUT2D eigenvalue weighted by molar-refractivity contribution is 0.796. The first-order valence-electron chi connectivity index (χ1n) is 4.98. The lowest BCUT2D eigenvalue weighted by atomic mass is 10.1. The monoisotopic (exact) mass is 280 g/mol. The van der Waals surface area contributed by atoms with Crippen LogP contribution in [0, 0.1) is 6.92 Å². The van der Waals surface area contributed by atoms with Crippen molar-refractivity contribution in [2.75, 3.05) is 0 Å². The van der Waals surface area contributed by atoms with Gasteiger partial charge in [0.2, 0.25) is 0 Å². The molecule has 0 aliphatic rings. The number of hydrogen-bond acceptors (Lipinski definition) is 3. The van der Waals surface area contributed by atoms with Crippen LogP contribution < -0.4 is 5.73 Å². The molecule has 1 aromatic carbocycles. The summed E-state index contributed by atoms with van der Waals surface area (Å²) in [5.41, 5.74) is 7.82. The molecule has 1 heterocycles. The van der Waals surface area contributed by atoms with Gasteiger partial charge in [-0.15, -0.1) is 10.2 Å². The first-order chi connectivity index (χ1) is 7.63. The minimum absolute atomic E-state index is 0.399. The molecule has 5 heteroatoms. The summed E-state index contributed by atoms with van der Waals surface area (Å²) in [6, 6.07) is 6.11. The molecule has 0 aliphatic carbocycles. The molecule has 0 saturated heterocycles. The van der Waals surface area contributed by atoms with Gasteiger partial charge in [-0.05, 0) is 24.6 Å².